The number of nitrogens with two attached hydrogens (primary N) is 1. The predicted octanol–water partition coefficient (Wildman–Crippen LogP) is 4.38. The Kier molecular flexibility index (Phi) is 5.29. The third-order valence-corrected chi connectivity index (χ3v) is 5.90. The van der Waals surface area contributed by atoms with E-state index in [-0.39, 0.29) is 5.82 Å². The van der Waals surface area contributed by atoms with Crippen molar-refractivity contribution in [2.75, 3.05) is 5.73 Å². The molecular weight excluding hydrogens is 501 g/mol. The summed E-state index contributed by atoms with van der Waals surface area (Å²) in [7, 11) is 0. The zero-order chi connectivity index (χ0) is 23.1. The predicted molar refractivity (Wildman–Crippen MR) is 117 cm³/mol. The van der Waals surface area contributed by atoms with Crippen LogP contribution in [0.4, 0.5) is 19.0 Å². The zero-order valence-corrected chi connectivity index (χ0v) is 18.3. The molecule has 0 saturated carbocycles. The normalized spacial score (nSPS) is 11.5. The van der Waals surface area contributed by atoms with Crippen molar-refractivity contribution in [1.82, 2.24) is 34.3 Å². The quantitative estimate of drug-likeness (QED) is 0.373. The van der Waals surface area contributed by atoms with E-state index in [1.807, 2.05) is 0 Å². The molecule has 1 aromatic carbocycles. The molecule has 12 heteroatoms. The lowest BCUT2D eigenvalue weighted by Gasteiger charge is -2.03. The molecular formula is C21H14BrF3N8. The van der Waals surface area contributed by atoms with Crippen LogP contribution < -0.4 is 5.73 Å². The van der Waals surface area contributed by atoms with Gasteiger partial charge in [0.25, 0.3) is 6.43 Å². The lowest BCUT2D eigenvalue weighted by atomic mass is 10.1. The van der Waals surface area contributed by atoms with Crippen LogP contribution in [-0.4, -0.2) is 34.3 Å². The number of hydrogen-bond acceptors (Lipinski definition) is 6. The fraction of sp³-hybridized carbons (Fsp3) is 0.0952. The van der Waals surface area contributed by atoms with Crippen LogP contribution in [0.25, 0.3) is 22.3 Å². The van der Waals surface area contributed by atoms with Crippen LogP contribution in [0, 0.1) is 5.82 Å². The number of fused-ring (bicyclic) bond motifs is 1. The van der Waals surface area contributed by atoms with Gasteiger partial charge in [0, 0.05) is 40.6 Å². The van der Waals surface area contributed by atoms with Gasteiger partial charge >= 0.3 is 0 Å². The summed E-state index contributed by atoms with van der Waals surface area (Å²) in [4.78, 5) is 11.6. The van der Waals surface area contributed by atoms with Gasteiger partial charge in [-0.1, -0.05) is 12.1 Å². The molecule has 5 rings (SSSR count). The molecule has 0 bridgehead atoms. The first-order chi connectivity index (χ1) is 15.9. The number of benzene rings is 1. The van der Waals surface area contributed by atoms with E-state index in [1.165, 1.54) is 29.5 Å². The van der Waals surface area contributed by atoms with Gasteiger partial charge in [-0.25, -0.2) is 37.3 Å². The van der Waals surface area contributed by atoms with E-state index in [2.05, 4.69) is 41.1 Å². The van der Waals surface area contributed by atoms with Gasteiger partial charge in [0.05, 0.1) is 11.9 Å². The van der Waals surface area contributed by atoms with Crippen molar-refractivity contribution in [3.05, 3.63) is 82.8 Å². The van der Waals surface area contributed by atoms with Crippen molar-refractivity contribution in [3.63, 3.8) is 0 Å². The number of para-hydroxylation sites is 1. The van der Waals surface area contributed by atoms with Crippen LogP contribution in [0.5, 0.6) is 0 Å². The third-order valence-electron chi connectivity index (χ3n) is 5.05. The topological polar surface area (TPSA) is 99.8 Å². The molecule has 33 heavy (non-hydrogen) atoms. The molecule has 0 radical (unpaired) electrons. The summed E-state index contributed by atoms with van der Waals surface area (Å²) in [5, 5.41) is 8.58. The summed E-state index contributed by atoms with van der Waals surface area (Å²) in [6, 6.07) is 6.32. The first-order valence-electron chi connectivity index (χ1n) is 9.62. The fourth-order valence-electron chi connectivity index (χ4n) is 3.56. The van der Waals surface area contributed by atoms with Gasteiger partial charge in [0.2, 0.25) is 0 Å². The lowest BCUT2D eigenvalue weighted by Crippen LogP contribution is -2.03. The number of aromatic nitrogens is 7. The monoisotopic (exact) mass is 514 g/mol. The molecule has 0 amide bonds. The molecule has 0 aliphatic carbocycles. The second-order valence-electron chi connectivity index (χ2n) is 7.09. The Balaban J connectivity index is 1.60. The van der Waals surface area contributed by atoms with E-state index < -0.39 is 18.1 Å². The van der Waals surface area contributed by atoms with Crippen molar-refractivity contribution < 1.29 is 13.2 Å². The molecule has 4 heterocycles. The number of alkyl halides is 2. The van der Waals surface area contributed by atoms with Gasteiger partial charge in [0.1, 0.15) is 23.3 Å². The average Bonchev–Trinajstić information content (AvgIpc) is 3.38. The number of nitrogens with zero attached hydrogens (tertiary/aromatic N) is 7. The van der Waals surface area contributed by atoms with Gasteiger partial charge < -0.3 is 5.73 Å². The first-order valence-corrected chi connectivity index (χ1v) is 10.4. The molecule has 166 valence electrons. The van der Waals surface area contributed by atoms with E-state index in [0.29, 0.717) is 38.9 Å². The molecule has 0 spiro atoms. The van der Waals surface area contributed by atoms with Crippen molar-refractivity contribution in [1.29, 1.82) is 0 Å². The Morgan fingerprint density at radius 1 is 1.03 bits per heavy atom. The van der Waals surface area contributed by atoms with Crippen molar-refractivity contribution in [2.24, 2.45) is 0 Å². The summed E-state index contributed by atoms with van der Waals surface area (Å²) >= 11 is 3.60. The molecule has 0 atom stereocenters. The number of hydrogen-bond donors (Lipinski definition) is 1. The second-order valence-corrected chi connectivity index (χ2v) is 7.89. The minimum Gasteiger partial charge on any atom is -0.382 e. The van der Waals surface area contributed by atoms with Gasteiger partial charge in [-0.15, -0.1) is 0 Å². The highest BCUT2D eigenvalue weighted by Crippen LogP contribution is 2.39. The van der Waals surface area contributed by atoms with E-state index in [4.69, 9.17) is 5.73 Å². The molecule has 0 aliphatic rings. The molecule has 8 nitrogen and oxygen atoms in total. The van der Waals surface area contributed by atoms with E-state index in [9.17, 15) is 13.2 Å². The largest absolute Gasteiger partial charge is 0.382 e. The van der Waals surface area contributed by atoms with Crippen LogP contribution in [0.2, 0.25) is 0 Å². The second kappa shape index (κ2) is 8.28. The summed E-state index contributed by atoms with van der Waals surface area (Å²) in [6.45, 7) is 0. The molecule has 5 aromatic rings. The number of halogens is 4. The Hall–Kier alpha value is -3.80. The van der Waals surface area contributed by atoms with Crippen molar-refractivity contribution in [2.45, 2.75) is 12.8 Å². The minimum atomic E-state index is -2.77. The molecule has 0 aliphatic heterocycles. The molecule has 0 fully saturated rings. The SMILES string of the molecule is Nc1ncnn2c(Cc3cnn(-c4ccccc4F)c3)c(Br)c(-c3cnc(C(F)F)nc3)c12. The van der Waals surface area contributed by atoms with Gasteiger partial charge in [0.15, 0.2) is 11.6 Å². The highest BCUT2D eigenvalue weighted by Gasteiger charge is 2.23. The number of anilines is 1. The molecule has 0 saturated heterocycles. The Morgan fingerprint density at radius 2 is 1.79 bits per heavy atom. The van der Waals surface area contributed by atoms with Crippen molar-refractivity contribution in [3.8, 4) is 16.8 Å². The van der Waals surface area contributed by atoms with Crippen LogP contribution in [0.3, 0.4) is 0 Å². The van der Waals surface area contributed by atoms with E-state index >= 15 is 0 Å². The first kappa shape index (κ1) is 21.1. The minimum absolute atomic E-state index is 0.201. The summed E-state index contributed by atoms with van der Waals surface area (Å²) in [6.07, 6.45) is 4.87. The van der Waals surface area contributed by atoms with E-state index in [1.54, 1.807) is 35.1 Å². The van der Waals surface area contributed by atoms with E-state index in [0.717, 1.165) is 5.56 Å². The van der Waals surface area contributed by atoms with Crippen molar-refractivity contribution >= 4 is 27.3 Å². The maximum atomic E-state index is 14.1. The summed E-state index contributed by atoms with van der Waals surface area (Å²) < 4.78 is 43.6. The van der Waals surface area contributed by atoms with Crippen LogP contribution in [-0.2, 0) is 6.42 Å². The average molecular weight is 515 g/mol. The number of rotatable bonds is 5. The molecule has 0 unspecified atom stereocenters. The number of nitrogen functional groups attached to an aromatic ring is 1. The summed E-state index contributed by atoms with van der Waals surface area (Å²) in [5.74, 6) is -0.758. The highest BCUT2D eigenvalue weighted by molar-refractivity contribution is 9.10. The third kappa shape index (κ3) is 3.71. The highest BCUT2D eigenvalue weighted by atomic mass is 79.9. The smallest absolute Gasteiger partial charge is 0.297 e. The van der Waals surface area contributed by atoms with Gasteiger partial charge in [-0.2, -0.15) is 10.2 Å². The maximum Gasteiger partial charge on any atom is 0.297 e. The zero-order valence-electron chi connectivity index (χ0n) is 16.7. The Morgan fingerprint density at radius 3 is 2.52 bits per heavy atom. The molecule has 2 N–H and O–H groups in total. The van der Waals surface area contributed by atoms with Crippen LogP contribution in [0.1, 0.15) is 23.5 Å². The van der Waals surface area contributed by atoms with Gasteiger partial charge in [-0.05, 0) is 33.6 Å². The maximum absolute atomic E-state index is 14.1. The Labute approximate surface area is 193 Å². The fourth-order valence-corrected chi connectivity index (χ4v) is 4.28. The lowest BCUT2D eigenvalue weighted by molar-refractivity contribution is 0.140. The standard InChI is InChI=1S/C21H14BrF3N8/c22-17-15(5-11-6-30-32(9-11)14-4-2-1-3-13(14)23)33-18(20(26)29-10-31-33)16(17)12-7-27-21(19(24)25)28-8-12/h1-4,6-10,19H,5H2,(H2,26,29,31). The van der Waals surface area contributed by atoms with Crippen LogP contribution in [0.15, 0.2) is 59.9 Å². The molecule has 4 aromatic heterocycles. The summed E-state index contributed by atoms with van der Waals surface area (Å²) in [5.41, 5.74) is 9.48. The Bertz CT molecular complexity index is 1460. The van der Waals surface area contributed by atoms with Gasteiger partial charge in [-0.3, -0.25) is 0 Å². The van der Waals surface area contributed by atoms with Crippen LogP contribution >= 0.6 is 15.9 Å².